The topological polar surface area (TPSA) is 144 Å². The molecule has 2 aromatic rings. The van der Waals surface area contributed by atoms with Crippen LogP contribution >= 0.6 is 0 Å². The Morgan fingerprint density at radius 3 is 2.86 bits per heavy atom. The fourth-order valence-corrected chi connectivity index (χ4v) is 2.80. The third-order valence-electron chi connectivity index (χ3n) is 3.98. The zero-order valence-corrected chi connectivity index (χ0v) is 11.7. The number of aldehydes is 1. The first kappa shape index (κ1) is 14.9. The average Bonchev–Trinajstić information content (AvgIpc) is 2.97. The number of hydrogen-bond acceptors (Lipinski definition) is 8. The lowest BCUT2D eigenvalue weighted by molar-refractivity contribution is -0.0948. The summed E-state index contributed by atoms with van der Waals surface area (Å²) in [5, 5.41) is 30.2. The summed E-state index contributed by atoms with van der Waals surface area (Å²) in [5.74, 6) is 0.128. The van der Waals surface area contributed by atoms with E-state index in [1.54, 1.807) is 0 Å². The minimum atomic E-state index is -1.68. The Morgan fingerprint density at radius 1 is 1.55 bits per heavy atom. The summed E-state index contributed by atoms with van der Waals surface area (Å²) in [4.78, 5) is 19.1. The zero-order valence-electron chi connectivity index (χ0n) is 11.7. The van der Waals surface area contributed by atoms with E-state index in [-0.39, 0.29) is 11.4 Å². The van der Waals surface area contributed by atoms with Gasteiger partial charge in [0.05, 0.1) is 12.0 Å². The van der Waals surface area contributed by atoms with E-state index >= 15 is 0 Å². The van der Waals surface area contributed by atoms with E-state index in [4.69, 9.17) is 10.5 Å². The molecule has 3 heterocycles. The predicted molar refractivity (Wildman–Crippen MR) is 75.0 cm³/mol. The molecule has 5 N–H and O–H groups in total. The van der Waals surface area contributed by atoms with Gasteiger partial charge >= 0.3 is 0 Å². The van der Waals surface area contributed by atoms with Crippen molar-refractivity contribution < 1.29 is 24.9 Å². The molecule has 9 heteroatoms. The number of aromatic nitrogens is 3. The van der Waals surface area contributed by atoms with Crippen LogP contribution in [0.1, 0.15) is 23.5 Å². The van der Waals surface area contributed by atoms with Crippen LogP contribution in [0.15, 0.2) is 12.5 Å². The molecule has 1 aliphatic rings. The van der Waals surface area contributed by atoms with Crippen LogP contribution in [0.5, 0.6) is 0 Å². The molecule has 1 fully saturated rings. The molecule has 2 aromatic heterocycles. The number of nitrogen functional groups attached to an aromatic ring is 1. The first-order valence-electron chi connectivity index (χ1n) is 6.64. The van der Waals surface area contributed by atoms with E-state index in [1.165, 1.54) is 24.0 Å². The molecule has 0 bridgehead atoms. The molecular formula is C13H16N4O5. The van der Waals surface area contributed by atoms with Gasteiger partial charge < -0.3 is 30.4 Å². The molecule has 118 valence electrons. The van der Waals surface area contributed by atoms with Crippen LogP contribution in [0.25, 0.3) is 11.0 Å². The highest BCUT2D eigenvalue weighted by Crippen LogP contribution is 2.40. The van der Waals surface area contributed by atoms with Crippen LogP contribution in [-0.4, -0.2) is 60.6 Å². The molecule has 0 aromatic carbocycles. The molecule has 0 saturated carbocycles. The van der Waals surface area contributed by atoms with Gasteiger partial charge in [-0.3, -0.25) is 4.79 Å². The highest BCUT2D eigenvalue weighted by molar-refractivity contribution is 6.01. The normalized spacial score (nSPS) is 31.7. The summed E-state index contributed by atoms with van der Waals surface area (Å²) in [6, 6.07) is 0. The van der Waals surface area contributed by atoms with Crippen molar-refractivity contribution in [2.45, 2.75) is 31.0 Å². The van der Waals surface area contributed by atoms with E-state index < -0.39 is 30.6 Å². The van der Waals surface area contributed by atoms with E-state index in [1.807, 2.05) is 0 Å². The van der Waals surface area contributed by atoms with Crippen molar-refractivity contribution in [3.63, 3.8) is 0 Å². The quantitative estimate of drug-likeness (QED) is 0.519. The molecule has 0 amide bonds. The average molecular weight is 308 g/mol. The number of hydrogen-bond donors (Lipinski definition) is 4. The fraction of sp³-hybridized carbons (Fsp3) is 0.462. The number of carbonyl (C=O) groups is 1. The molecule has 1 saturated heterocycles. The molecule has 4 atom stereocenters. The number of nitrogens with zero attached hydrogens (tertiary/aromatic N) is 3. The first-order valence-corrected chi connectivity index (χ1v) is 6.64. The van der Waals surface area contributed by atoms with Crippen molar-refractivity contribution in [1.29, 1.82) is 0 Å². The molecule has 0 aliphatic carbocycles. The number of anilines is 1. The zero-order chi connectivity index (χ0) is 16.1. The number of nitrogens with two attached hydrogens (primary N) is 1. The van der Waals surface area contributed by atoms with Crippen molar-refractivity contribution in [3.05, 3.63) is 18.1 Å². The molecule has 1 aliphatic heterocycles. The lowest BCUT2D eigenvalue weighted by Crippen LogP contribution is -2.44. The summed E-state index contributed by atoms with van der Waals surface area (Å²) >= 11 is 0. The number of fused-ring (bicyclic) bond motifs is 1. The molecule has 0 spiro atoms. The third kappa shape index (κ3) is 1.91. The van der Waals surface area contributed by atoms with Crippen molar-refractivity contribution in [3.8, 4) is 0 Å². The van der Waals surface area contributed by atoms with Gasteiger partial charge in [0.15, 0.2) is 12.5 Å². The van der Waals surface area contributed by atoms with Crippen LogP contribution in [-0.2, 0) is 4.74 Å². The molecule has 22 heavy (non-hydrogen) atoms. The van der Waals surface area contributed by atoms with Gasteiger partial charge in [-0.2, -0.15) is 0 Å². The molecule has 0 radical (unpaired) electrons. The SMILES string of the molecule is C[C@@]1(O)C(O)C(CO)OC1n1cc(C=O)c2c(N)ncnc21. The number of ether oxygens (including phenoxy) is 1. The summed E-state index contributed by atoms with van der Waals surface area (Å²) < 4.78 is 6.94. The van der Waals surface area contributed by atoms with Crippen LogP contribution in [0, 0.1) is 0 Å². The van der Waals surface area contributed by atoms with Gasteiger partial charge in [0, 0.05) is 11.8 Å². The molecule has 9 nitrogen and oxygen atoms in total. The highest BCUT2D eigenvalue weighted by atomic mass is 16.6. The molecular weight excluding hydrogens is 292 g/mol. The van der Waals surface area contributed by atoms with E-state index in [0.29, 0.717) is 17.3 Å². The Morgan fingerprint density at radius 2 is 2.27 bits per heavy atom. The number of rotatable bonds is 3. The largest absolute Gasteiger partial charge is 0.394 e. The lowest BCUT2D eigenvalue weighted by atomic mass is 9.96. The van der Waals surface area contributed by atoms with Crippen LogP contribution < -0.4 is 5.73 Å². The standard InChI is InChI=1S/C13H16N4O5/c1-13(21)9(20)7(4-19)22-12(13)17-2-6(3-18)8-10(14)15-5-16-11(8)17/h2-3,5,7,9,12,19-21H,4H2,1H3,(H2,14,15,16)/t7?,9?,12?,13-/m1/s1. The van der Waals surface area contributed by atoms with Gasteiger partial charge in [-0.15, -0.1) is 0 Å². The first-order chi connectivity index (χ1) is 10.4. The number of carbonyl (C=O) groups excluding carboxylic acids is 1. The van der Waals surface area contributed by atoms with Crippen molar-refractivity contribution in [1.82, 2.24) is 14.5 Å². The second kappa shape index (κ2) is 4.99. The van der Waals surface area contributed by atoms with Crippen molar-refractivity contribution >= 4 is 23.1 Å². The van der Waals surface area contributed by atoms with Gasteiger partial charge in [0.2, 0.25) is 0 Å². The van der Waals surface area contributed by atoms with Gasteiger partial charge in [-0.1, -0.05) is 0 Å². The maximum atomic E-state index is 11.2. The van der Waals surface area contributed by atoms with Crippen LogP contribution in [0.4, 0.5) is 5.82 Å². The maximum absolute atomic E-state index is 11.2. The van der Waals surface area contributed by atoms with Gasteiger partial charge in [-0.25, -0.2) is 9.97 Å². The maximum Gasteiger partial charge on any atom is 0.167 e. The van der Waals surface area contributed by atoms with E-state index in [9.17, 15) is 20.1 Å². The Hall–Kier alpha value is -2.07. The summed E-state index contributed by atoms with van der Waals surface area (Å²) in [6.07, 6.45) is -0.0247. The third-order valence-corrected chi connectivity index (χ3v) is 3.98. The fourth-order valence-electron chi connectivity index (χ4n) is 2.80. The summed E-state index contributed by atoms with van der Waals surface area (Å²) in [7, 11) is 0. The van der Waals surface area contributed by atoms with E-state index in [0.717, 1.165) is 0 Å². The van der Waals surface area contributed by atoms with Crippen LogP contribution in [0.3, 0.4) is 0 Å². The van der Waals surface area contributed by atoms with E-state index in [2.05, 4.69) is 9.97 Å². The number of aliphatic hydroxyl groups is 3. The molecule has 3 rings (SSSR count). The van der Waals surface area contributed by atoms with Crippen LogP contribution in [0.2, 0.25) is 0 Å². The second-order valence-corrected chi connectivity index (χ2v) is 5.45. The molecule has 3 unspecified atom stereocenters. The Balaban J connectivity index is 2.19. The number of aliphatic hydroxyl groups excluding tert-OH is 2. The van der Waals surface area contributed by atoms with Crippen molar-refractivity contribution in [2.24, 2.45) is 0 Å². The predicted octanol–water partition coefficient (Wildman–Crippen LogP) is -1.17. The lowest BCUT2D eigenvalue weighted by Gasteiger charge is -2.27. The summed E-state index contributed by atoms with van der Waals surface area (Å²) in [5.41, 5.74) is 4.64. The Bertz CT molecular complexity index is 729. The Labute approximate surface area is 125 Å². The summed E-state index contributed by atoms with van der Waals surface area (Å²) in [6.45, 7) is 0.930. The van der Waals surface area contributed by atoms with Gasteiger partial charge in [0.25, 0.3) is 0 Å². The minimum Gasteiger partial charge on any atom is -0.394 e. The Kier molecular flexibility index (Phi) is 3.37. The highest BCUT2D eigenvalue weighted by Gasteiger charge is 2.53. The minimum absolute atomic E-state index is 0.128. The van der Waals surface area contributed by atoms with Gasteiger partial charge in [0.1, 0.15) is 35.6 Å². The second-order valence-electron chi connectivity index (χ2n) is 5.45. The van der Waals surface area contributed by atoms with Gasteiger partial charge in [-0.05, 0) is 6.92 Å². The smallest absolute Gasteiger partial charge is 0.167 e. The van der Waals surface area contributed by atoms with Crippen molar-refractivity contribution in [2.75, 3.05) is 12.3 Å². The monoisotopic (exact) mass is 308 g/mol.